The quantitative estimate of drug-likeness (QED) is 0.468. The summed E-state index contributed by atoms with van der Waals surface area (Å²) in [5, 5.41) is 3.33. The molecule has 0 radical (unpaired) electrons. The monoisotopic (exact) mass is 401 g/mol. The molecule has 0 aromatic carbocycles. The number of carbonyl (C=O) groups is 1. The number of hydrogen-bond acceptors (Lipinski definition) is 4. The van der Waals surface area contributed by atoms with Gasteiger partial charge in [-0.15, -0.1) is 11.3 Å². The lowest BCUT2D eigenvalue weighted by atomic mass is 9.99. The summed E-state index contributed by atoms with van der Waals surface area (Å²) >= 11 is 5.23. The molecule has 2 heterocycles. The van der Waals surface area contributed by atoms with E-state index in [2.05, 4.69) is 52.1 Å². The van der Waals surface area contributed by atoms with Crippen molar-refractivity contribution in [3.63, 3.8) is 0 Å². The maximum Gasteiger partial charge on any atom is 0.310 e. The number of aliphatic imine (C=N–C) groups is 1. The average Bonchev–Trinajstić information content (AvgIpc) is 3.11. The van der Waals surface area contributed by atoms with Gasteiger partial charge in [0.25, 0.3) is 0 Å². The van der Waals surface area contributed by atoms with Crippen LogP contribution in [0, 0.1) is 11.8 Å². The zero-order chi connectivity index (χ0) is 16.8. The van der Waals surface area contributed by atoms with Crippen LogP contribution in [-0.2, 0) is 16.0 Å². The Morgan fingerprint density at radius 1 is 1.52 bits per heavy atom. The van der Waals surface area contributed by atoms with Crippen molar-refractivity contribution in [3.05, 3.63) is 20.8 Å². The lowest BCUT2D eigenvalue weighted by Crippen LogP contribution is -2.40. The fourth-order valence-corrected chi connectivity index (χ4v) is 4.25. The van der Waals surface area contributed by atoms with Crippen LogP contribution < -0.4 is 5.32 Å². The maximum atomic E-state index is 11.8. The lowest BCUT2D eigenvalue weighted by molar-refractivity contribution is -0.145. The molecule has 2 rings (SSSR count). The molecule has 1 aromatic rings. The molecule has 5 nitrogen and oxygen atoms in total. The molecule has 128 valence electrons. The highest BCUT2D eigenvalue weighted by molar-refractivity contribution is 9.11. The van der Waals surface area contributed by atoms with E-state index in [0.29, 0.717) is 6.54 Å². The van der Waals surface area contributed by atoms with Crippen LogP contribution in [0.1, 0.15) is 18.7 Å². The number of nitrogens with one attached hydrogen (secondary N) is 1. The van der Waals surface area contributed by atoms with Gasteiger partial charge in [-0.2, -0.15) is 0 Å². The van der Waals surface area contributed by atoms with Crippen molar-refractivity contribution in [2.75, 3.05) is 33.3 Å². The van der Waals surface area contributed by atoms with E-state index in [-0.39, 0.29) is 17.8 Å². The van der Waals surface area contributed by atoms with Crippen LogP contribution in [0.4, 0.5) is 0 Å². The Balaban J connectivity index is 1.97. The molecule has 0 bridgehead atoms. The van der Waals surface area contributed by atoms with Crippen molar-refractivity contribution in [1.29, 1.82) is 0 Å². The molecule has 0 spiro atoms. The van der Waals surface area contributed by atoms with Crippen LogP contribution in [0.15, 0.2) is 20.9 Å². The highest BCUT2D eigenvalue weighted by Gasteiger charge is 2.36. The Labute approximate surface area is 150 Å². The van der Waals surface area contributed by atoms with Gasteiger partial charge in [-0.25, -0.2) is 0 Å². The number of thiophene rings is 1. The van der Waals surface area contributed by atoms with Gasteiger partial charge >= 0.3 is 5.97 Å². The highest BCUT2D eigenvalue weighted by Crippen LogP contribution is 2.24. The summed E-state index contributed by atoms with van der Waals surface area (Å²) in [6, 6.07) is 4.19. The summed E-state index contributed by atoms with van der Waals surface area (Å²) in [5.74, 6) is 0.970. The first-order valence-electron chi connectivity index (χ1n) is 7.90. The Bertz CT molecular complexity index is 561. The van der Waals surface area contributed by atoms with Gasteiger partial charge in [0.05, 0.1) is 16.8 Å². The average molecular weight is 402 g/mol. The molecule has 0 saturated carbocycles. The number of esters is 1. The van der Waals surface area contributed by atoms with Crippen molar-refractivity contribution in [2.45, 2.75) is 20.3 Å². The third-order valence-corrected chi connectivity index (χ3v) is 5.68. The Morgan fingerprint density at radius 3 is 2.91 bits per heavy atom. The van der Waals surface area contributed by atoms with Crippen LogP contribution in [0.5, 0.6) is 0 Å². The normalized spacial score (nSPS) is 21.6. The van der Waals surface area contributed by atoms with Crippen LogP contribution in [0.2, 0.25) is 0 Å². The maximum absolute atomic E-state index is 11.8. The van der Waals surface area contributed by atoms with Crippen molar-refractivity contribution < 1.29 is 9.53 Å². The summed E-state index contributed by atoms with van der Waals surface area (Å²) in [6.07, 6.45) is 0.926. The predicted octanol–water partition coefficient (Wildman–Crippen LogP) is 2.76. The molecule has 1 saturated heterocycles. The second-order valence-corrected chi connectivity index (χ2v) is 8.25. The van der Waals surface area contributed by atoms with Crippen molar-refractivity contribution >= 4 is 39.2 Å². The van der Waals surface area contributed by atoms with E-state index in [1.165, 1.54) is 12.0 Å². The summed E-state index contributed by atoms with van der Waals surface area (Å²) in [5.41, 5.74) is 0. The molecule has 7 heteroatoms. The van der Waals surface area contributed by atoms with Crippen LogP contribution >= 0.6 is 27.3 Å². The van der Waals surface area contributed by atoms with Crippen LogP contribution in [-0.4, -0.2) is 50.1 Å². The van der Waals surface area contributed by atoms with Gasteiger partial charge in [-0.3, -0.25) is 9.79 Å². The van der Waals surface area contributed by atoms with E-state index in [1.807, 2.05) is 0 Å². The fraction of sp³-hybridized carbons (Fsp3) is 0.625. The van der Waals surface area contributed by atoms with Crippen LogP contribution in [0.3, 0.4) is 0 Å². The number of rotatable bonds is 5. The third-order valence-electron chi connectivity index (χ3n) is 4.00. The summed E-state index contributed by atoms with van der Waals surface area (Å²) in [4.78, 5) is 20.0. The van der Waals surface area contributed by atoms with E-state index >= 15 is 0 Å². The second-order valence-electron chi connectivity index (χ2n) is 5.70. The molecule has 1 aliphatic rings. The SMILES string of the molecule is CCNC(=NCCc1ccc(Br)s1)N1CC(C)C(C(=O)OC)C1. The molecule has 23 heavy (non-hydrogen) atoms. The minimum absolute atomic E-state index is 0.0721. The molecule has 0 amide bonds. The molecule has 0 aliphatic carbocycles. The number of hydrogen-bond donors (Lipinski definition) is 1. The number of methoxy groups -OCH3 is 1. The minimum Gasteiger partial charge on any atom is -0.469 e. The Hall–Kier alpha value is -1.08. The highest BCUT2D eigenvalue weighted by atomic mass is 79.9. The topological polar surface area (TPSA) is 53.9 Å². The standard InChI is InChI=1S/C16H24BrN3O2S/c1-4-18-16(19-8-7-12-5-6-14(17)23-12)20-9-11(2)13(10-20)15(21)22-3/h5-6,11,13H,4,7-10H2,1-3H3,(H,18,19). The number of halogens is 1. The number of carbonyl (C=O) groups excluding carboxylic acids is 1. The first-order valence-corrected chi connectivity index (χ1v) is 9.51. The summed E-state index contributed by atoms with van der Waals surface area (Å²) < 4.78 is 6.06. The number of guanidine groups is 1. The molecular weight excluding hydrogens is 378 g/mol. The zero-order valence-corrected chi connectivity index (χ0v) is 16.2. The van der Waals surface area contributed by atoms with Gasteiger partial charge < -0.3 is 15.0 Å². The molecular formula is C16H24BrN3O2S. The largest absolute Gasteiger partial charge is 0.469 e. The van der Waals surface area contributed by atoms with Gasteiger partial charge in [0.2, 0.25) is 0 Å². The second kappa shape index (κ2) is 8.68. The van der Waals surface area contributed by atoms with Crippen LogP contribution in [0.25, 0.3) is 0 Å². The van der Waals surface area contributed by atoms with Crippen molar-refractivity contribution in [2.24, 2.45) is 16.8 Å². The molecule has 1 aromatic heterocycles. The minimum atomic E-state index is -0.126. The van der Waals surface area contributed by atoms with Gasteiger partial charge in [0.1, 0.15) is 0 Å². The Kier molecular flexibility index (Phi) is 6.89. The summed E-state index contributed by atoms with van der Waals surface area (Å²) in [7, 11) is 1.45. The van der Waals surface area contributed by atoms with Crippen molar-refractivity contribution in [3.8, 4) is 0 Å². The summed E-state index contributed by atoms with van der Waals surface area (Å²) in [6.45, 7) is 7.21. The first kappa shape index (κ1) is 18.3. The van der Waals surface area contributed by atoms with Gasteiger partial charge in [-0.05, 0) is 40.9 Å². The van der Waals surface area contributed by atoms with E-state index in [4.69, 9.17) is 9.73 Å². The van der Waals surface area contributed by atoms with E-state index < -0.39 is 0 Å². The molecule has 2 atom stereocenters. The van der Waals surface area contributed by atoms with E-state index in [0.717, 1.165) is 35.8 Å². The molecule has 2 unspecified atom stereocenters. The number of likely N-dealkylation sites (tertiary alicyclic amines) is 1. The number of ether oxygens (including phenoxy) is 1. The zero-order valence-electron chi connectivity index (χ0n) is 13.8. The molecule has 1 fully saturated rings. The molecule has 1 aliphatic heterocycles. The number of nitrogens with zero attached hydrogens (tertiary/aromatic N) is 2. The predicted molar refractivity (Wildman–Crippen MR) is 97.9 cm³/mol. The van der Waals surface area contributed by atoms with E-state index in [9.17, 15) is 4.79 Å². The first-order chi connectivity index (χ1) is 11.0. The van der Waals surface area contributed by atoms with E-state index in [1.54, 1.807) is 11.3 Å². The van der Waals surface area contributed by atoms with Gasteiger partial charge in [0.15, 0.2) is 5.96 Å². The lowest BCUT2D eigenvalue weighted by Gasteiger charge is -2.21. The third kappa shape index (κ3) is 4.94. The van der Waals surface area contributed by atoms with Gasteiger partial charge in [-0.1, -0.05) is 6.92 Å². The van der Waals surface area contributed by atoms with Crippen molar-refractivity contribution in [1.82, 2.24) is 10.2 Å². The Morgan fingerprint density at radius 2 is 2.30 bits per heavy atom. The fourth-order valence-electron chi connectivity index (χ4n) is 2.78. The smallest absolute Gasteiger partial charge is 0.310 e. The van der Waals surface area contributed by atoms with Gasteiger partial charge in [0, 0.05) is 37.5 Å². The molecule has 1 N–H and O–H groups in total.